The van der Waals surface area contributed by atoms with Crippen molar-refractivity contribution in [2.24, 2.45) is 5.73 Å². The molecule has 5 heteroatoms. The highest BCUT2D eigenvalue weighted by molar-refractivity contribution is 9.10. The van der Waals surface area contributed by atoms with E-state index in [4.69, 9.17) is 5.73 Å². The maximum atomic E-state index is 11.0. The Kier molecular flexibility index (Phi) is 4.05. The van der Waals surface area contributed by atoms with Crippen molar-refractivity contribution >= 4 is 33.9 Å². The summed E-state index contributed by atoms with van der Waals surface area (Å²) in [5.74, 6) is -0.539. The second-order valence-corrected chi connectivity index (χ2v) is 3.66. The molecule has 0 bridgehead atoms. The summed E-state index contributed by atoms with van der Waals surface area (Å²) < 4.78 is 0.917. The Morgan fingerprint density at radius 1 is 1.40 bits per heavy atom. The molecule has 0 heterocycles. The minimum atomic E-state index is -0.862. The Morgan fingerprint density at radius 2 is 2.13 bits per heavy atom. The molecule has 1 aromatic carbocycles. The molecule has 15 heavy (non-hydrogen) atoms. The van der Waals surface area contributed by atoms with E-state index in [2.05, 4.69) is 15.9 Å². The number of carbonyl (C=O) groups is 2. The highest BCUT2D eigenvalue weighted by atomic mass is 79.9. The first-order chi connectivity index (χ1) is 7.08. The Labute approximate surface area is 95.3 Å². The van der Waals surface area contributed by atoms with Crippen LogP contribution < -0.4 is 11.1 Å². The molecule has 78 valence electrons. The Morgan fingerprint density at radius 3 is 2.73 bits per heavy atom. The van der Waals surface area contributed by atoms with Gasteiger partial charge in [-0.25, -0.2) is 4.79 Å². The zero-order valence-electron chi connectivity index (χ0n) is 7.74. The minimum absolute atomic E-state index is 0.539. The average molecular weight is 269 g/mol. The van der Waals surface area contributed by atoms with Crippen molar-refractivity contribution in [2.75, 3.05) is 0 Å². The molecule has 1 aromatic rings. The van der Waals surface area contributed by atoms with Gasteiger partial charge < -0.3 is 5.73 Å². The second-order valence-electron chi connectivity index (χ2n) is 2.74. The van der Waals surface area contributed by atoms with E-state index in [0.29, 0.717) is 0 Å². The van der Waals surface area contributed by atoms with Crippen molar-refractivity contribution < 1.29 is 9.59 Å². The van der Waals surface area contributed by atoms with Gasteiger partial charge in [-0.3, -0.25) is 10.1 Å². The van der Waals surface area contributed by atoms with E-state index in [1.54, 1.807) is 6.08 Å². The summed E-state index contributed by atoms with van der Waals surface area (Å²) in [6.45, 7) is 0. The number of halogens is 1. The molecule has 4 nitrogen and oxygen atoms in total. The summed E-state index contributed by atoms with van der Waals surface area (Å²) in [4.78, 5) is 21.3. The summed E-state index contributed by atoms with van der Waals surface area (Å²) >= 11 is 3.30. The zero-order chi connectivity index (χ0) is 11.3. The Bertz CT molecular complexity index is 416. The Hall–Kier alpha value is -1.62. The van der Waals surface area contributed by atoms with Crippen LogP contribution in [0.25, 0.3) is 6.08 Å². The van der Waals surface area contributed by atoms with E-state index < -0.39 is 11.9 Å². The number of nitrogens with two attached hydrogens (primary N) is 1. The largest absolute Gasteiger partial charge is 0.351 e. The number of hydrogen-bond acceptors (Lipinski definition) is 2. The molecule has 0 aliphatic heterocycles. The zero-order valence-corrected chi connectivity index (χ0v) is 9.32. The van der Waals surface area contributed by atoms with Gasteiger partial charge in [-0.2, -0.15) is 0 Å². The first kappa shape index (κ1) is 11.5. The lowest BCUT2D eigenvalue weighted by Crippen LogP contribution is -2.33. The summed E-state index contributed by atoms with van der Waals surface area (Å²) in [7, 11) is 0. The number of benzene rings is 1. The third-order valence-corrected chi connectivity index (χ3v) is 2.02. The van der Waals surface area contributed by atoms with Crippen LogP contribution in [-0.4, -0.2) is 11.9 Å². The van der Waals surface area contributed by atoms with E-state index in [1.165, 1.54) is 6.08 Å². The van der Waals surface area contributed by atoms with Crippen LogP contribution >= 0.6 is 15.9 Å². The third-order valence-electron chi connectivity index (χ3n) is 1.52. The van der Waals surface area contributed by atoms with Gasteiger partial charge in [0.05, 0.1) is 0 Å². The fraction of sp³-hybridized carbons (Fsp3) is 0. The molecule has 0 saturated carbocycles. The SMILES string of the molecule is NC(=O)NC(=O)/C=C/c1cccc(Br)c1. The highest BCUT2D eigenvalue weighted by Gasteiger charge is 1.97. The van der Waals surface area contributed by atoms with Crippen molar-refractivity contribution in [1.82, 2.24) is 5.32 Å². The number of carbonyl (C=O) groups excluding carboxylic acids is 2. The van der Waals surface area contributed by atoms with Crippen LogP contribution in [-0.2, 0) is 4.79 Å². The fourth-order valence-electron chi connectivity index (χ4n) is 0.945. The molecule has 0 aliphatic carbocycles. The van der Waals surface area contributed by atoms with Crippen LogP contribution in [0.4, 0.5) is 4.79 Å². The van der Waals surface area contributed by atoms with Gasteiger partial charge >= 0.3 is 6.03 Å². The van der Waals surface area contributed by atoms with E-state index in [0.717, 1.165) is 10.0 Å². The van der Waals surface area contributed by atoms with Gasteiger partial charge in [0.25, 0.3) is 5.91 Å². The maximum Gasteiger partial charge on any atom is 0.319 e. The van der Waals surface area contributed by atoms with Gasteiger partial charge in [-0.1, -0.05) is 28.1 Å². The average Bonchev–Trinajstić information content (AvgIpc) is 2.14. The van der Waals surface area contributed by atoms with Crippen LogP contribution in [0.15, 0.2) is 34.8 Å². The van der Waals surface area contributed by atoms with Gasteiger partial charge in [0.1, 0.15) is 0 Å². The monoisotopic (exact) mass is 268 g/mol. The second kappa shape index (κ2) is 5.31. The third kappa shape index (κ3) is 4.42. The summed E-state index contributed by atoms with van der Waals surface area (Å²) in [5.41, 5.74) is 5.63. The van der Waals surface area contributed by atoms with Crippen molar-refractivity contribution in [3.63, 3.8) is 0 Å². The smallest absolute Gasteiger partial charge is 0.319 e. The predicted molar refractivity (Wildman–Crippen MR) is 60.9 cm³/mol. The molecule has 0 atom stereocenters. The Balaban J connectivity index is 2.65. The standard InChI is InChI=1S/C10H9BrN2O2/c11-8-3-1-2-7(6-8)4-5-9(14)13-10(12)15/h1-6H,(H3,12,13,14,15)/b5-4+. The van der Waals surface area contributed by atoms with Crippen molar-refractivity contribution in [3.05, 3.63) is 40.4 Å². The minimum Gasteiger partial charge on any atom is -0.351 e. The number of imide groups is 1. The van der Waals surface area contributed by atoms with Gasteiger partial charge in [0, 0.05) is 10.5 Å². The molecule has 0 unspecified atom stereocenters. The number of urea groups is 1. The summed E-state index contributed by atoms with van der Waals surface area (Å²) in [6, 6.07) is 6.53. The summed E-state index contributed by atoms with van der Waals surface area (Å²) in [6.07, 6.45) is 2.83. The molecule has 1 rings (SSSR count). The van der Waals surface area contributed by atoms with Gasteiger partial charge in [0.15, 0.2) is 0 Å². The maximum absolute atomic E-state index is 11.0. The number of primary amides is 1. The van der Waals surface area contributed by atoms with Crippen LogP contribution in [0, 0.1) is 0 Å². The number of rotatable bonds is 2. The molecule has 3 N–H and O–H groups in total. The molecular formula is C10H9BrN2O2. The lowest BCUT2D eigenvalue weighted by atomic mass is 10.2. The molecule has 0 radical (unpaired) electrons. The normalized spacial score (nSPS) is 10.2. The fourth-order valence-corrected chi connectivity index (χ4v) is 1.36. The van der Waals surface area contributed by atoms with Crippen molar-refractivity contribution in [2.45, 2.75) is 0 Å². The van der Waals surface area contributed by atoms with Gasteiger partial charge in [-0.05, 0) is 23.8 Å². The van der Waals surface area contributed by atoms with Crippen LogP contribution in [0.2, 0.25) is 0 Å². The predicted octanol–water partition coefficient (Wildman–Crippen LogP) is 1.66. The molecule has 0 aliphatic rings. The lowest BCUT2D eigenvalue weighted by molar-refractivity contribution is -0.115. The first-order valence-corrected chi connectivity index (χ1v) is 4.91. The first-order valence-electron chi connectivity index (χ1n) is 4.12. The van der Waals surface area contributed by atoms with Crippen molar-refractivity contribution in [1.29, 1.82) is 0 Å². The lowest BCUT2D eigenvalue weighted by Gasteiger charge is -1.95. The number of hydrogen-bond donors (Lipinski definition) is 2. The molecule has 3 amide bonds. The molecule has 0 fully saturated rings. The van der Waals surface area contributed by atoms with Crippen LogP contribution in [0.5, 0.6) is 0 Å². The van der Waals surface area contributed by atoms with Crippen LogP contribution in [0.1, 0.15) is 5.56 Å². The van der Waals surface area contributed by atoms with E-state index in [-0.39, 0.29) is 0 Å². The highest BCUT2D eigenvalue weighted by Crippen LogP contribution is 2.12. The van der Waals surface area contributed by atoms with Gasteiger partial charge in [0.2, 0.25) is 0 Å². The number of nitrogens with one attached hydrogen (secondary N) is 1. The summed E-state index contributed by atoms with van der Waals surface area (Å²) in [5, 5.41) is 1.93. The molecule has 0 aromatic heterocycles. The van der Waals surface area contributed by atoms with Crippen LogP contribution in [0.3, 0.4) is 0 Å². The topological polar surface area (TPSA) is 72.2 Å². The van der Waals surface area contributed by atoms with E-state index in [1.807, 2.05) is 29.6 Å². The molecule has 0 saturated heterocycles. The number of amides is 3. The van der Waals surface area contributed by atoms with E-state index in [9.17, 15) is 9.59 Å². The van der Waals surface area contributed by atoms with Gasteiger partial charge in [-0.15, -0.1) is 0 Å². The van der Waals surface area contributed by atoms with E-state index >= 15 is 0 Å². The molecule has 0 spiro atoms. The van der Waals surface area contributed by atoms with Crippen molar-refractivity contribution in [3.8, 4) is 0 Å². The quantitative estimate of drug-likeness (QED) is 0.801. The molecular weight excluding hydrogens is 260 g/mol.